The van der Waals surface area contributed by atoms with E-state index in [1.165, 1.54) is 11.1 Å². The fourth-order valence-corrected chi connectivity index (χ4v) is 3.07. The molecule has 7 heteroatoms. The Labute approximate surface area is 187 Å². The Balaban J connectivity index is 0.000000534. The van der Waals surface area contributed by atoms with Gasteiger partial charge in [-0.05, 0) is 35.2 Å². The summed E-state index contributed by atoms with van der Waals surface area (Å²) in [6, 6.07) is 27.4. The maximum Gasteiger partial charge on any atom is 0.414 e. The molecule has 0 aliphatic rings. The largest absolute Gasteiger partial charge is 0.493 e. The van der Waals surface area contributed by atoms with Gasteiger partial charge in [0, 0.05) is 12.6 Å². The molecular formula is C25H27NO6. The average Bonchev–Trinajstić information content (AvgIpc) is 2.83. The summed E-state index contributed by atoms with van der Waals surface area (Å²) in [5, 5.41) is 18.5. The summed E-state index contributed by atoms with van der Waals surface area (Å²) in [5.41, 5.74) is 3.77. The van der Waals surface area contributed by atoms with Gasteiger partial charge in [0.15, 0.2) is 11.5 Å². The first-order chi connectivity index (χ1) is 15.4. The highest BCUT2D eigenvalue weighted by Crippen LogP contribution is 2.28. The van der Waals surface area contributed by atoms with Gasteiger partial charge in [-0.1, -0.05) is 66.7 Å². The molecule has 0 radical (unpaired) electrons. The SMILES string of the molecule is COc1ccc(CNC(Cc2ccccc2)c2ccccc2)cc1OC.O=C(O)C(=O)O. The third kappa shape index (κ3) is 7.77. The van der Waals surface area contributed by atoms with Crippen LogP contribution in [0.5, 0.6) is 11.5 Å². The van der Waals surface area contributed by atoms with Crippen molar-refractivity contribution in [3.05, 3.63) is 95.6 Å². The van der Waals surface area contributed by atoms with Crippen LogP contribution in [-0.2, 0) is 22.6 Å². The molecule has 0 aliphatic heterocycles. The lowest BCUT2D eigenvalue weighted by Gasteiger charge is -2.20. The summed E-state index contributed by atoms with van der Waals surface area (Å²) < 4.78 is 10.7. The zero-order valence-corrected chi connectivity index (χ0v) is 18.0. The Morgan fingerprint density at radius 1 is 0.781 bits per heavy atom. The van der Waals surface area contributed by atoms with Crippen LogP contribution in [0.1, 0.15) is 22.7 Å². The number of carboxylic acid groups (broad SMARTS) is 2. The van der Waals surface area contributed by atoms with Crippen LogP contribution in [0, 0.1) is 0 Å². The molecule has 0 saturated carbocycles. The molecule has 0 spiro atoms. The van der Waals surface area contributed by atoms with Gasteiger partial charge in [0.05, 0.1) is 14.2 Å². The fourth-order valence-electron chi connectivity index (χ4n) is 3.07. The molecule has 0 saturated heterocycles. The third-order valence-corrected chi connectivity index (χ3v) is 4.67. The number of rotatable bonds is 8. The monoisotopic (exact) mass is 437 g/mol. The second kappa shape index (κ2) is 12.8. The lowest BCUT2D eigenvalue weighted by atomic mass is 9.98. The van der Waals surface area contributed by atoms with E-state index in [9.17, 15) is 0 Å². The van der Waals surface area contributed by atoms with Gasteiger partial charge in [0.2, 0.25) is 0 Å². The zero-order chi connectivity index (χ0) is 23.3. The number of carbonyl (C=O) groups is 2. The Bertz CT molecular complexity index is 980. The highest BCUT2D eigenvalue weighted by atomic mass is 16.5. The lowest BCUT2D eigenvalue weighted by molar-refractivity contribution is -0.159. The van der Waals surface area contributed by atoms with E-state index in [-0.39, 0.29) is 6.04 Å². The van der Waals surface area contributed by atoms with Crippen molar-refractivity contribution in [2.75, 3.05) is 14.2 Å². The summed E-state index contributed by atoms with van der Waals surface area (Å²) in [4.78, 5) is 18.2. The molecule has 32 heavy (non-hydrogen) atoms. The highest BCUT2D eigenvalue weighted by Gasteiger charge is 2.12. The second-order valence-corrected chi connectivity index (χ2v) is 6.83. The summed E-state index contributed by atoms with van der Waals surface area (Å²) in [6.07, 6.45) is 0.943. The maximum atomic E-state index is 9.10. The maximum absolute atomic E-state index is 9.10. The molecule has 3 aromatic rings. The van der Waals surface area contributed by atoms with Crippen molar-refractivity contribution in [1.29, 1.82) is 0 Å². The minimum Gasteiger partial charge on any atom is -0.493 e. The number of hydrogen-bond donors (Lipinski definition) is 3. The van der Waals surface area contributed by atoms with Gasteiger partial charge in [-0.3, -0.25) is 0 Å². The highest BCUT2D eigenvalue weighted by molar-refractivity contribution is 6.27. The lowest BCUT2D eigenvalue weighted by Crippen LogP contribution is -2.23. The van der Waals surface area contributed by atoms with Crippen LogP contribution < -0.4 is 14.8 Å². The van der Waals surface area contributed by atoms with E-state index < -0.39 is 11.9 Å². The van der Waals surface area contributed by atoms with Crippen molar-refractivity contribution in [2.24, 2.45) is 0 Å². The molecule has 0 bridgehead atoms. The Hall–Kier alpha value is -3.84. The number of nitrogens with one attached hydrogen (secondary N) is 1. The average molecular weight is 437 g/mol. The number of carboxylic acids is 2. The molecule has 3 N–H and O–H groups in total. The first-order valence-corrected chi connectivity index (χ1v) is 9.94. The number of aliphatic carboxylic acids is 2. The van der Waals surface area contributed by atoms with Gasteiger partial charge < -0.3 is 25.0 Å². The normalized spacial score (nSPS) is 10.9. The first kappa shape index (κ1) is 24.4. The Morgan fingerprint density at radius 2 is 1.34 bits per heavy atom. The van der Waals surface area contributed by atoms with E-state index in [1.54, 1.807) is 14.2 Å². The van der Waals surface area contributed by atoms with E-state index >= 15 is 0 Å². The van der Waals surface area contributed by atoms with Crippen molar-refractivity contribution in [3.8, 4) is 11.5 Å². The van der Waals surface area contributed by atoms with E-state index in [0.29, 0.717) is 0 Å². The topological polar surface area (TPSA) is 105 Å². The van der Waals surface area contributed by atoms with Crippen LogP contribution in [0.3, 0.4) is 0 Å². The van der Waals surface area contributed by atoms with Gasteiger partial charge >= 0.3 is 11.9 Å². The van der Waals surface area contributed by atoms with E-state index in [1.807, 2.05) is 12.1 Å². The van der Waals surface area contributed by atoms with Gasteiger partial charge in [-0.25, -0.2) is 9.59 Å². The molecule has 0 aromatic heterocycles. The van der Waals surface area contributed by atoms with Crippen LogP contribution in [0.15, 0.2) is 78.9 Å². The van der Waals surface area contributed by atoms with E-state index in [4.69, 9.17) is 29.3 Å². The molecule has 0 amide bonds. The van der Waals surface area contributed by atoms with Crippen molar-refractivity contribution < 1.29 is 29.3 Å². The molecule has 1 unspecified atom stereocenters. The van der Waals surface area contributed by atoms with Crippen molar-refractivity contribution in [1.82, 2.24) is 5.32 Å². The number of ether oxygens (including phenoxy) is 2. The van der Waals surface area contributed by atoms with Crippen molar-refractivity contribution >= 4 is 11.9 Å². The number of benzene rings is 3. The quantitative estimate of drug-likeness (QED) is 0.459. The molecule has 1 atom stereocenters. The van der Waals surface area contributed by atoms with Crippen LogP contribution >= 0.6 is 0 Å². The van der Waals surface area contributed by atoms with Crippen LogP contribution in [0.4, 0.5) is 0 Å². The fraction of sp³-hybridized carbons (Fsp3) is 0.200. The van der Waals surface area contributed by atoms with Gasteiger partial charge in [0.25, 0.3) is 0 Å². The van der Waals surface area contributed by atoms with Crippen LogP contribution in [0.25, 0.3) is 0 Å². The molecular weight excluding hydrogens is 410 g/mol. The third-order valence-electron chi connectivity index (χ3n) is 4.67. The molecule has 0 fully saturated rings. The van der Waals surface area contributed by atoms with Crippen LogP contribution in [-0.4, -0.2) is 36.4 Å². The molecule has 168 valence electrons. The van der Waals surface area contributed by atoms with Crippen molar-refractivity contribution in [2.45, 2.75) is 19.0 Å². The van der Waals surface area contributed by atoms with Gasteiger partial charge in [-0.15, -0.1) is 0 Å². The number of hydrogen-bond acceptors (Lipinski definition) is 5. The molecule has 7 nitrogen and oxygen atoms in total. The minimum absolute atomic E-state index is 0.242. The summed E-state index contributed by atoms with van der Waals surface area (Å²) in [6.45, 7) is 0.757. The Morgan fingerprint density at radius 3 is 1.88 bits per heavy atom. The molecule has 0 aliphatic carbocycles. The number of methoxy groups -OCH3 is 2. The van der Waals surface area contributed by atoms with Gasteiger partial charge in [0.1, 0.15) is 0 Å². The summed E-state index contributed by atoms with van der Waals surface area (Å²) in [5.74, 6) is -2.14. The Kier molecular flexibility index (Phi) is 9.74. The molecule has 3 aromatic carbocycles. The minimum atomic E-state index is -1.82. The molecule has 3 rings (SSSR count). The van der Waals surface area contributed by atoms with E-state index in [2.05, 4.69) is 72.0 Å². The smallest absolute Gasteiger partial charge is 0.414 e. The summed E-state index contributed by atoms with van der Waals surface area (Å²) >= 11 is 0. The van der Waals surface area contributed by atoms with Crippen molar-refractivity contribution in [3.63, 3.8) is 0 Å². The van der Waals surface area contributed by atoms with Gasteiger partial charge in [-0.2, -0.15) is 0 Å². The zero-order valence-electron chi connectivity index (χ0n) is 18.0. The summed E-state index contributed by atoms with van der Waals surface area (Å²) in [7, 11) is 3.32. The second-order valence-electron chi connectivity index (χ2n) is 6.83. The standard InChI is InChI=1S/C23H25NO2.C2H2O4/c1-25-22-14-13-19(16-23(22)26-2)17-24-21(20-11-7-4-8-12-20)15-18-9-5-3-6-10-18;3-1(4)2(5)6/h3-14,16,21,24H,15,17H2,1-2H3;(H,3,4)(H,5,6). The van der Waals surface area contributed by atoms with Crippen LogP contribution in [0.2, 0.25) is 0 Å². The predicted molar refractivity (Wildman–Crippen MR) is 121 cm³/mol. The first-order valence-electron chi connectivity index (χ1n) is 9.94. The predicted octanol–water partition coefficient (Wildman–Crippen LogP) is 3.93. The van der Waals surface area contributed by atoms with E-state index in [0.717, 1.165) is 30.0 Å². The molecule has 0 heterocycles.